The third kappa shape index (κ3) is 2.58. The molecule has 0 unspecified atom stereocenters. The standard InChI is InChI=1S/C12H12ClFN2S/c1-2-3-10-16-11(12(15)17-10)8-5-4-7(13)6-9(8)14/h4-6H,2-3,15H2,1H3. The Labute approximate surface area is 108 Å². The molecule has 0 aliphatic rings. The average Bonchev–Trinajstić information content (AvgIpc) is 2.60. The van der Waals surface area contributed by atoms with E-state index in [1.807, 2.05) is 0 Å². The summed E-state index contributed by atoms with van der Waals surface area (Å²) in [5, 5.41) is 1.86. The molecule has 17 heavy (non-hydrogen) atoms. The van der Waals surface area contributed by atoms with Crippen molar-refractivity contribution in [2.24, 2.45) is 0 Å². The Morgan fingerprint density at radius 3 is 2.88 bits per heavy atom. The number of nitrogens with two attached hydrogens (primary N) is 1. The molecule has 0 spiro atoms. The molecular weight excluding hydrogens is 259 g/mol. The van der Waals surface area contributed by atoms with Crippen molar-refractivity contribution in [3.63, 3.8) is 0 Å². The number of halogens is 2. The second-order valence-corrected chi connectivity index (χ2v) is 5.25. The Morgan fingerprint density at radius 1 is 1.47 bits per heavy atom. The molecule has 0 atom stereocenters. The number of nitrogen functional groups attached to an aromatic ring is 1. The van der Waals surface area contributed by atoms with Crippen LogP contribution in [0.2, 0.25) is 5.02 Å². The summed E-state index contributed by atoms with van der Waals surface area (Å²) in [6.07, 6.45) is 1.86. The molecule has 0 aliphatic carbocycles. The topological polar surface area (TPSA) is 38.9 Å². The lowest BCUT2D eigenvalue weighted by Gasteiger charge is -2.01. The molecule has 1 aromatic carbocycles. The van der Waals surface area contributed by atoms with E-state index in [4.69, 9.17) is 17.3 Å². The zero-order chi connectivity index (χ0) is 12.4. The van der Waals surface area contributed by atoms with Crippen LogP contribution in [0.3, 0.4) is 0 Å². The molecule has 5 heteroatoms. The van der Waals surface area contributed by atoms with Crippen molar-refractivity contribution in [3.8, 4) is 11.3 Å². The van der Waals surface area contributed by atoms with Crippen LogP contribution < -0.4 is 5.73 Å². The molecule has 0 bridgehead atoms. The molecule has 0 saturated heterocycles. The van der Waals surface area contributed by atoms with Gasteiger partial charge in [0.15, 0.2) is 0 Å². The van der Waals surface area contributed by atoms with E-state index in [0.717, 1.165) is 17.8 Å². The number of benzene rings is 1. The number of nitrogens with zero attached hydrogens (tertiary/aromatic N) is 1. The molecular formula is C12H12ClFN2S. The molecule has 1 heterocycles. The second-order valence-electron chi connectivity index (χ2n) is 3.69. The highest BCUT2D eigenvalue weighted by Crippen LogP contribution is 2.33. The van der Waals surface area contributed by atoms with Gasteiger partial charge >= 0.3 is 0 Å². The minimum atomic E-state index is -0.391. The largest absolute Gasteiger partial charge is 0.389 e. The molecule has 0 saturated carbocycles. The molecule has 2 N–H and O–H groups in total. The van der Waals surface area contributed by atoms with E-state index in [1.165, 1.54) is 17.4 Å². The number of hydrogen-bond acceptors (Lipinski definition) is 3. The Balaban J connectivity index is 2.45. The molecule has 0 radical (unpaired) electrons. The molecule has 0 aliphatic heterocycles. The Bertz CT molecular complexity index is 539. The lowest BCUT2D eigenvalue weighted by Crippen LogP contribution is -1.90. The molecule has 0 fully saturated rings. The van der Waals surface area contributed by atoms with Crippen LogP contribution >= 0.6 is 22.9 Å². The van der Waals surface area contributed by atoms with Crippen molar-refractivity contribution in [1.82, 2.24) is 4.98 Å². The van der Waals surface area contributed by atoms with Crippen molar-refractivity contribution in [1.29, 1.82) is 0 Å². The summed E-state index contributed by atoms with van der Waals surface area (Å²) in [6, 6.07) is 4.52. The van der Waals surface area contributed by atoms with Gasteiger partial charge in [0.05, 0.1) is 5.01 Å². The summed E-state index contributed by atoms with van der Waals surface area (Å²) in [4.78, 5) is 4.37. The normalized spacial score (nSPS) is 10.8. The first kappa shape index (κ1) is 12.3. The van der Waals surface area contributed by atoms with Crippen LogP contribution in [0.1, 0.15) is 18.4 Å². The number of rotatable bonds is 3. The van der Waals surface area contributed by atoms with Gasteiger partial charge in [0.1, 0.15) is 16.5 Å². The maximum Gasteiger partial charge on any atom is 0.134 e. The quantitative estimate of drug-likeness (QED) is 0.910. The van der Waals surface area contributed by atoms with Gasteiger partial charge in [0, 0.05) is 10.6 Å². The van der Waals surface area contributed by atoms with Gasteiger partial charge in [-0.25, -0.2) is 9.37 Å². The van der Waals surface area contributed by atoms with Gasteiger partial charge in [-0.05, 0) is 31.0 Å². The molecule has 90 valence electrons. The van der Waals surface area contributed by atoms with Crippen LogP contribution in [0.25, 0.3) is 11.3 Å². The average molecular weight is 271 g/mol. The Kier molecular flexibility index (Phi) is 3.64. The van der Waals surface area contributed by atoms with Gasteiger partial charge in [-0.3, -0.25) is 0 Å². The molecule has 2 rings (SSSR count). The fraction of sp³-hybridized carbons (Fsp3) is 0.250. The third-order valence-electron chi connectivity index (χ3n) is 2.35. The number of thiazole rings is 1. The van der Waals surface area contributed by atoms with E-state index in [2.05, 4.69) is 11.9 Å². The smallest absolute Gasteiger partial charge is 0.134 e. The first-order valence-corrected chi connectivity index (χ1v) is 6.52. The zero-order valence-electron chi connectivity index (χ0n) is 9.34. The fourth-order valence-electron chi connectivity index (χ4n) is 1.57. The van der Waals surface area contributed by atoms with Gasteiger partial charge in [-0.15, -0.1) is 11.3 Å². The minimum absolute atomic E-state index is 0.369. The Hall–Kier alpha value is -1.13. The number of aryl methyl sites for hydroxylation is 1. The van der Waals surface area contributed by atoms with Gasteiger partial charge in [-0.2, -0.15) is 0 Å². The second kappa shape index (κ2) is 5.02. The fourth-order valence-corrected chi connectivity index (χ4v) is 2.68. The molecule has 2 nitrogen and oxygen atoms in total. The van der Waals surface area contributed by atoms with Crippen molar-refractivity contribution in [2.75, 3.05) is 5.73 Å². The molecule has 1 aromatic heterocycles. The maximum atomic E-state index is 13.7. The summed E-state index contributed by atoms with van der Waals surface area (Å²) in [7, 11) is 0. The van der Waals surface area contributed by atoms with Crippen LogP contribution in [0.4, 0.5) is 9.39 Å². The van der Waals surface area contributed by atoms with Crippen LogP contribution in [0.15, 0.2) is 18.2 Å². The summed E-state index contributed by atoms with van der Waals surface area (Å²) >= 11 is 7.12. The molecule has 0 amide bonds. The predicted molar refractivity (Wildman–Crippen MR) is 70.9 cm³/mol. The van der Waals surface area contributed by atoms with Crippen molar-refractivity contribution < 1.29 is 4.39 Å². The maximum absolute atomic E-state index is 13.7. The predicted octanol–water partition coefficient (Wildman–Crippen LogP) is 4.14. The minimum Gasteiger partial charge on any atom is -0.389 e. The number of anilines is 1. The number of aromatic nitrogens is 1. The van der Waals surface area contributed by atoms with Crippen molar-refractivity contribution in [3.05, 3.63) is 34.0 Å². The van der Waals surface area contributed by atoms with Crippen molar-refractivity contribution >= 4 is 27.9 Å². The highest BCUT2D eigenvalue weighted by molar-refractivity contribution is 7.16. The van der Waals surface area contributed by atoms with Crippen LogP contribution in [0.5, 0.6) is 0 Å². The summed E-state index contributed by atoms with van der Waals surface area (Å²) in [6.45, 7) is 2.07. The lowest BCUT2D eigenvalue weighted by atomic mass is 10.1. The van der Waals surface area contributed by atoms with E-state index in [9.17, 15) is 4.39 Å². The first-order valence-electron chi connectivity index (χ1n) is 5.32. The SMILES string of the molecule is CCCc1nc(-c2ccc(Cl)cc2F)c(N)s1. The van der Waals surface area contributed by atoms with Crippen molar-refractivity contribution in [2.45, 2.75) is 19.8 Å². The van der Waals surface area contributed by atoms with E-state index >= 15 is 0 Å². The van der Waals surface area contributed by atoms with Crippen LogP contribution in [-0.2, 0) is 6.42 Å². The van der Waals surface area contributed by atoms with Gasteiger partial charge < -0.3 is 5.73 Å². The van der Waals surface area contributed by atoms with E-state index in [0.29, 0.717) is 21.3 Å². The lowest BCUT2D eigenvalue weighted by molar-refractivity contribution is 0.631. The monoisotopic (exact) mass is 270 g/mol. The van der Waals surface area contributed by atoms with Gasteiger partial charge in [-0.1, -0.05) is 18.5 Å². The summed E-state index contributed by atoms with van der Waals surface area (Å²) in [5.74, 6) is -0.391. The zero-order valence-corrected chi connectivity index (χ0v) is 10.9. The highest BCUT2D eigenvalue weighted by atomic mass is 35.5. The summed E-state index contributed by atoms with van der Waals surface area (Å²) in [5.41, 5.74) is 6.80. The van der Waals surface area contributed by atoms with E-state index < -0.39 is 5.82 Å². The highest BCUT2D eigenvalue weighted by Gasteiger charge is 2.14. The first-order chi connectivity index (χ1) is 8.11. The van der Waals surface area contributed by atoms with Crippen LogP contribution in [0, 0.1) is 5.82 Å². The van der Waals surface area contributed by atoms with E-state index in [1.54, 1.807) is 12.1 Å². The van der Waals surface area contributed by atoms with Crippen LogP contribution in [-0.4, -0.2) is 4.98 Å². The van der Waals surface area contributed by atoms with E-state index in [-0.39, 0.29) is 0 Å². The van der Waals surface area contributed by atoms with Gasteiger partial charge in [0.25, 0.3) is 0 Å². The van der Waals surface area contributed by atoms with Gasteiger partial charge in [0.2, 0.25) is 0 Å². The summed E-state index contributed by atoms with van der Waals surface area (Å²) < 4.78 is 13.7. The molecule has 2 aromatic rings. The third-order valence-corrected chi connectivity index (χ3v) is 3.53. The number of hydrogen-bond donors (Lipinski definition) is 1. The Morgan fingerprint density at radius 2 is 2.24 bits per heavy atom.